The van der Waals surface area contributed by atoms with Gasteiger partial charge in [0.2, 0.25) is 5.91 Å². The number of anilines is 1. The van der Waals surface area contributed by atoms with Crippen LogP contribution in [0.5, 0.6) is 0 Å². The molecular weight excluding hydrogens is 318 g/mol. The first-order chi connectivity index (χ1) is 10.3. The van der Waals surface area contributed by atoms with Crippen molar-refractivity contribution in [3.05, 3.63) is 35.7 Å². The first-order valence-electron chi connectivity index (χ1n) is 7.34. The van der Waals surface area contributed by atoms with Crippen molar-refractivity contribution in [2.75, 3.05) is 25.0 Å². The summed E-state index contributed by atoms with van der Waals surface area (Å²) in [6.07, 6.45) is 3.68. The molecule has 1 aromatic heterocycles. The third kappa shape index (κ3) is 4.53. The van der Waals surface area contributed by atoms with Gasteiger partial charge >= 0.3 is 0 Å². The molecule has 0 saturated carbocycles. The fourth-order valence-electron chi connectivity index (χ4n) is 2.55. The number of carbonyl (C=O) groups is 1. The standard InChI is InChI=1S/C16H19N3OS.ClH/c20-15(11-19-9-5-2-6-10-19)18-16-17-14(12-21-16)13-7-3-1-4-8-13;/h1,3-4,7-8,12H,2,5-6,9-11H2,(H,17,18,20);1H. The number of halogens is 1. The van der Waals surface area contributed by atoms with Crippen LogP contribution in [0.15, 0.2) is 35.7 Å². The maximum absolute atomic E-state index is 12.0. The van der Waals surface area contributed by atoms with Crippen molar-refractivity contribution in [3.63, 3.8) is 0 Å². The SMILES string of the molecule is Cl.O=C(CN1CCCCC1)Nc1nc(-c2ccccc2)cs1. The van der Waals surface area contributed by atoms with E-state index in [2.05, 4.69) is 15.2 Å². The molecule has 0 unspecified atom stereocenters. The largest absolute Gasteiger partial charge is 0.301 e. The van der Waals surface area contributed by atoms with Gasteiger partial charge in [0.25, 0.3) is 0 Å². The maximum atomic E-state index is 12.0. The number of aromatic nitrogens is 1. The predicted octanol–water partition coefficient (Wildman–Crippen LogP) is 3.66. The Morgan fingerprint density at radius 1 is 1.18 bits per heavy atom. The molecule has 1 amide bonds. The minimum atomic E-state index is 0. The first-order valence-corrected chi connectivity index (χ1v) is 8.22. The van der Waals surface area contributed by atoms with Gasteiger partial charge in [-0.2, -0.15) is 0 Å². The summed E-state index contributed by atoms with van der Waals surface area (Å²) in [6, 6.07) is 10.0. The molecule has 2 aromatic rings. The number of hydrogen-bond acceptors (Lipinski definition) is 4. The molecule has 1 saturated heterocycles. The van der Waals surface area contributed by atoms with Gasteiger partial charge in [-0.15, -0.1) is 23.7 Å². The van der Waals surface area contributed by atoms with E-state index >= 15 is 0 Å². The summed E-state index contributed by atoms with van der Waals surface area (Å²) in [4.78, 5) is 18.7. The van der Waals surface area contributed by atoms with Crippen molar-refractivity contribution in [3.8, 4) is 11.3 Å². The lowest BCUT2D eigenvalue weighted by molar-refractivity contribution is -0.117. The van der Waals surface area contributed by atoms with E-state index < -0.39 is 0 Å². The lowest BCUT2D eigenvalue weighted by atomic mass is 10.1. The van der Waals surface area contributed by atoms with Crippen molar-refractivity contribution in [1.82, 2.24) is 9.88 Å². The number of nitrogens with one attached hydrogen (secondary N) is 1. The van der Waals surface area contributed by atoms with Gasteiger partial charge in [0.1, 0.15) is 0 Å². The molecule has 118 valence electrons. The Labute approximate surface area is 141 Å². The van der Waals surface area contributed by atoms with Crippen LogP contribution in [-0.4, -0.2) is 35.4 Å². The van der Waals surface area contributed by atoms with E-state index in [4.69, 9.17) is 0 Å². The molecule has 3 rings (SSSR count). The van der Waals surface area contributed by atoms with E-state index in [0.717, 1.165) is 24.3 Å². The molecule has 1 fully saturated rings. The Balaban J connectivity index is 0.00000176. The second-order valence-electron chi connectivity index (χ2n) is 5.29. The molecule has 4 nitrogen and oxygen atoms in total. The minimum Gasteiger partial charge on any atom is -0.301 e. The molecule has 0 spiro atoms. The van der Waals surface area contributed by atoms with Gasteiger partial charge in [-0.25, -0.2) is 4.98 Å². The van der Waals surface area contributed by atoms with E-state index in [0.29, 0.717) is 11.7 Å². The monoisotopic (exact) mass is 337 g/mol. The molecule has 0 radical (unpaired) electrons. The highest BCUT2D eigenvalue weighted by Gasteiger charge is 2.15. The van der Waals surface area contributed by atoms with Crippen LogP contribution in [0.2, 0.25) is 0 Å². The van der Waals surface area contributed by atoms with Gasteiger partial charge in [0.15, 0.2) is 5.13 Å². The van der Waals surface area contributed by atoms with Crippen molar-refractivity contribution in [2.45, 2.75) is 19.3 Å². The fraction of sp³-hybridized carbons (Fsp3) is 0.375. The first kappa shape index (κ1) is 16.9. The Hall–Kier alpha value is -1.43. The highest BCUT2D eigenvalue weighted by atomic mass is 35.5. The van der Waals surface area contributed by atoms with Gasteiger partial charge in [-0.3, -0.25) is 9.69 Å². The van der Waals surface area contributed by atoms with Gasteiger partial charge in [-0.1, -0.05) is 36.8 Å². The van der Waals surface area contributed by atoms with Gasteiger partial charge in [0.05, 0.1) is 12.2 Å². The molecule has 22 heavy (non-hydrogen) atoms. The quantitative estimate of drug-likeness (QED) is 0.926. The molecule has 0 bridgehead atoms. The smallest absolute Gasteiger partial charge is 0.240 e. The highest BCUT2D eigenvalue weighted by molar-refractivity contribution is 7.14. The maximum Gasteiger partial charge on any atom is 0.240 e. The molecule has 0 atom stereocenters. The Kier molecular flexibility index (Phi) is 6.36. The second-order valence-corrected chi connectivity index (χ2v) is 6.15. The van der Waals surface area contributed by atoms with Crippen LogP contribution in [0.3, 0.4) is 0 Å². The number of rotatable bonds is 4. The average molecular weight is 338 g/mol. The lowest BCUT2D eigenvalue weighted by Crippen LogP contribution is -2.36. The number of thiazole rings is 1. The number of nitrogens with zero attached hydrogens (tertiary/aromatic N) is 2. The zero-order chi connectivity index (χ0) is 14.5. The van der Waals surface area contributed by atoms with Crippen molar-refractivity contribution in [1.29, 1.82) is 0 Å². The fourth-order valence-corrected chi connectivity index (χ4v) is 3.29. The Morgan fingerprint density at radius 2 is 1.91 bits per heavy atom. The number of piperidine rings is 1. The summed E-state index contributed by atoms with van der Waals surface area (Å²) < 4.78 is 0. The molecule has 6 heteroatoms. The molecule has 1 N–H and O–H groups in total. The van der Waals surface area contributed by atoms with Crippen LogP contribution < -0.4 is 5.32 Å². The number of benzene rings is 1. The Bertz CT molecular complexity index is 596. The van der Waals surface area contributed by atoms with Crippen LogP contribution in [0.25, 0.3) is 11.3 Å². The van der Waals surface area contributed by atoms with Gasteiger partial charge in [0, 0.05) is 10.9 Å². The third-order valence-corrected chi connectivity index (χ3v) is 4.39. The number of carbonyl (C=O) groups excluding carboxylic acids is 1. The highest BCUT2D eigenvalue weighted by Crippen LogP contribution is 2.24. The zero-order valence-electron chi connectivity index (χ0n) is 12.3. The molecule has 0 aliphatic carbocycles. The van der Waals surface area contributed by atoms with Crippen LogP contribution >= 0.6 is 23.7 Å². The van der Waals surface area contributed by atoms with Crippen LogP contribution in [-0.2, 0) is 4.79 Å². The van der Waals surface area contributed by atoms with Crippen LogP contribution in [0.4, 0.5) is 5.13 Å². The van der Waals surface area contributed by atoms with Crippen molar-refractivity contribution < 1.29 is 4.79 Å². The van der Waals surface area contributed by atoms with E-state index in [1.165, 1.54) is 30.6 Å². The predicted molar refractivity (Wildman–Crippen MR) is 93.7 cm³/mol. The molecule has 1 aliphatic heterocycles. The molecular formula is C16H20ClN3OS. The number of likely N-dealkylation sites (tertiary alicyclic amines) is 1. The van der Waals surface area contributed by atoms with Crippen LogP contribution in [0.1, 0.15) is 19.3 Å². The summed E-state index contributed by atoms with van der Waals surface area (Å²) in [5.41, 5.74) is 1.99. The Morgan fingerprint density at radius 3 is 2.64 bits per heavy atom. The van der Waals surface area contributed by atoms with E-state index in [1.54, 1.807) is 0 Å². The van der Waals surface area contributed by atoms with Gasteiger partial charge < -0.3 is 5.32 Å². The summed E-state index contributed by atoms with van der Waals surface area (Å²) >= 11 is 1.47. The second kappa shape index (κ2) is 8.27. The van der Waals surface area contributed by atoms with Gasteiger partial charge in [-0.05, 0) is 25.9 Å². The van der Waals surface area contributed by atoms with Crippen LogP contribution in [0, 0.1) is 0 Å². The van der Waals surface area contributed by atoms with E-state index in [9.17, 15) is 4.79 Å². The molecule has 2 heterocycles. The summed E-state index contributed by atoms with van der Waals surface area (Å²) in [7, 11) is 0. The van der Waals surface area contributed by atoms with E-state index in [1.807, 2.05) is 35.7 Å². The third-order valence-electron chi connectivity index (χ3n) is 3.64. The van der Waals surface area contributed by atoms with E-state index in [-0.39, 0.29) is 18.3 Å². The lowest BCUT2D eigenvalue weighted by Gasteiger charge is -2.25. The molecule has 1 aliphatic rings. The van der Waals surface area contributed by atoms with Crippen molar-refractivity contribution in [2.24, 2.45) is 0 Å². The summed E-state index contributed by atoms with van der Waals surface area (Å²) in [5, 5.41) is 5.56. The molecule has 1 aromatic carbocycles. The number of hydrogen-bond donors (Lipinski definition) is 1. The summed E-state index contributed by atoms with van der Waals surface area (Å²) in [6.45, 7) is 2.53. The normalized spacial score (nSPS) is 15.1. The topological polar surface area (TPSA) is 45.2 Å². The number of amides is 1. The average Bonchev–Trinajstić information content (AvgIpc) is 2.97. The van der Waals surface area contributed by atoms with Crippen molar-refractivity contribution >= 4 is 34.8 Å². The summed E-state index contributed by atoms with van der Waals surface area (Å²) in [5.74, 6) is 0.0332. The zero-order valence-corrected chi connectivity index (χ0v) is 14.0. The minimum absolute atomic E-state index is 0.